The van der Waals surface area contributed by atoms with E-state index in [1.807, 2.05) is 11.9 Å². The zero-order chi connectivity index (χ0) is 25.4. The summed E-state index contributed by atoms with van der Waals surface area (Å²) in [5.74, 6) is 0.405. The lowest BCUT2D eigenvalue weighted by molar-refractivity contribution is 0.0728. The fourth-order valence-corrected chi connectivity index (χ4v) is 8.22. The third-order valence-electron chi connectivity index (χ3n) is 8.61. The Kier molecular flexibility index (Phi) is 7.53. The zero-order valence-corrected chi connectivity index (χ0v) is 22.6. The molecule has 3 atom stereocenters. The quantitative estimate of drug-likeness (QED) is 0.517. The lowest BCUT2D eigenvalue weighted by Crippen LogP contribution is -2.52. The predicted molar refractivity (Wildman–Crippen MR) is 136 cm³/mol. The van der Waals surface area contributed by atoms with Crippen molar-refractivity contribution in [2.45, 2.75) is 57.4 Å². The van der Waals surface area contributed by atoms with Gasteiger partial charge in [0.05, 0.1) is 18.9 Å². The minimum atomic E-state index is -3.79. The molecular formula is C26H41N3O5S. The van der Waals surface area contributed by atoms with E-state index in [0.29, 0.717) is 56.6 Å². The molecule has 1 aliphatic heterocycles. The van der Waals surface area contributed by atoms with Gasteiger partial charge in [0.1, 0.15) is 4.90 Å². The minimum absolute atomic E-state index is 0.0207. The van der Waals surface area contributed by atoms with Crippen molar-refractivity contribution in [3.8, 4) is 0 Å². The number of fused-ring (bicyclic) bond motifs is 2. The summed E-state index contributed by atoms with van der Waals surface area (Å²) >= 11 is 0. The Balaban J connectivity index is 1.64. The van der Waals surface area contributed by atoms with E-state index in [4.69, 9.17) is 9.47 Å². The maximum absolute atomic E-state index is 13.7. The van der Waals surface area contributed by atoms with Crippen LogP contribution in [0.5, 0.6) is 0 Å². The molecule has 3 fully saturated rings. The normalized spacial score (nSPS) is 28.3. The average Bonchev–Trinajstić information content (AvgIpc) is 3.33. The van der Waals surface area contributed by atoms with E-state index < -0.39 is 10.0 Å². The van der Waals surface area contributed by atoms with E-state index in [2.05, 4.69) is 26.1 Å². The first-order valence-corrected chi connectivity index (χ1v) is 14.2. The Bertz CT molecular complexity index is 1030. The number of carbonyl (C=O) groups is 1. The molecule has 1 aromatic rings. The summed E-state index contributed by atoms with van der Waals surface area (Å²) in [6.45, 7) is 9.36. The highest BCUT2D eigenvalue weighted by Crippen LogP contribution is 2.62. The van der Waals surface area contributed by atoms with Crippen LogP contribution in [0.15, 0.2) is 23.1 Å². The van der Waals surface area contributed by atoms with Gasteiger partial charge in [0, 0.05) is 52.0 Å². The van der Waals surface area contributed by atoms with Crippen molar-refractivity contribution in [3.05, 3.63) is 23.8 Å². The van der Waals surface area contributed by atoms with Crippen molar-refractivity contribution in [2.75, 3.05) is 58.5 Å². The summed E-state index contributed by atoms with van der Waals surface area (Å²) in [5, 5.41) is 3.31. The SMILES string of the molecule is COCCCN(C)c1ccc(C(=O)NC2C(C)(C)[C@@H]3CC[C@]2(C)C3)cc1S(=O)(=O)N1CCOCC1. The molecule has 1 unspecified atom stereocenters. The third-order valence-corrected chi connectivity index (χ3v) is 10.5. The smallest absolute Gasteiger partial charge is 0.251 e. The number of hydrogen-bond donors (Lipinski definition) is 1. The summed E-state index contributed by atoms with van der Waals surface area (Å²) in [7, 11) is -0.265. The second kappa shape index (κ2) is 10.00. The van der Waals surface area contributed by atoms with Crippen LogP contribution in [0.25, 0.3) is 0 Å². The van der Waals surface area contributed by atoms with E-state index >= 15 is 0 Å². The minimum Gasteiger partial charge on any atom is -0.385 e. The Labute approximate surface area is 210 Å². The van der Waals surface area contributed by atoms with Gasteiger partial charge in [-0.05, 0) is 60.6 Å². The number of benzene rings is 1. The van der Waals surface area contributed by atoms with Crippen molar-refractivity contribution in [1.29, 1.82) is 0 Å². The monoisotopic (exact) mass is 507 g/mol. The molecule has 9 heteroatoms. The highest BCUT2D eigenvalue weighted by atomic mass is 32.2. The summed E-state index contributed by atoms with van der Waals surface area (Å²) in [5.41, 5.74) is 1.09. The first-order chi connectivity index (χ1) is 16.5. The van der Waals surface area contributed by atoms with E-state index in [-0.39, 0.29) is 27.7 Å². The van der Waals surface area contributed by atoms with E-state index in [1.165, 1.54) is 10.7 Å². The van der Waals surface area contributed by atoms with Crippen molar-refractivity contribution in [3.63, 3.8) is 0 Å². The summed E-state index contributed by atoms with van der Waals surface area (Å²) in [6.07, 6.45) is 4.23. The Morgan fingerprint density at radius 3 is 2.60 bits per heavy atom. The van der Waals surface area contributed by atoms with Crippen molar-refractivity contribution in [2.24, 2.45) is 16.7 Å². The fraction of sp³-hybridized carbons (Fsp3) is 0.731. The van der Waals surface area contributed by atoms with Crippen LogP contribution in [0.3, 0.4) is 0 Å². The van der Waals surface area contributed by atoms with Crippen LogP contribution >= 0.6 is 0 Å². The number of nitrogens with zero attached hydrogens (tertiary/aromatic N) is 2. The van der Waals surface area contributed by atoms with Gasteiger partial charge in [0.15, 0.2) is 0 Å². The van der Waals surface area contributed by atoms with Crippen LogP contribution < -0.4 is 10.2 Å². The summed E-state index contributed by atoms with van der Waals surface area (Å²) < 4.78 is 39.4. The molecule has 0 aromatic heterocycles. The van der Waals surface area contributed by atoms with Gasteiger partial charge in [-0.15, -0.1) is 0 Å². The van der Waals surface area contributed by atoms with E-state index in [9.17, 15) is 13.2 Å². The van der Waals surface area contributed by atoms with Gasteiger partial charge < -0.3 is 19.7 Å². The Hall–Kier alpha value is -1.68. The summed E-state index contributed by atoms with van der Waals surface area (Å²) in [4.78, 5) is 15.6. The number of carbonyl (C=O) groups excluding carboxylic acids is 1. The molecule has 0 radical (unpaired) electrons. The molecule has 1 N–H and O–H groups in total. The van der Waals surface area contributed by atoms with Gasteiger partial charge in [-0.3, -0.25) is 4.79 Å². The number of nitrogens with one attached hydrogen (secondary N) is 1. The zero-order valence-electron chi connectivity index (χ0n) is 21.8. The number of ether oxygens (including phenoxy) is 2. The van der Waals surface area contributed by atoms with Crippen LogP contribution in [0.1, 0.15) is 56.8 Å². The maximum Gasteiger partial charge on any atom is 0.251 e. The van der Waals surface area contributed by atoms with Crippen molar-refractivity contribution in [1.82, 2.24) is 9.62 Å². The first kappa shape index (κ1) is 26.4. The number of rotatable bonds is 9. The average molecular weight is 508 g/mol. The van der Waals surface area contributed by atoms with Gasteiger partial charge in [0.25, 0.3) is 5.91 Å². The highest BCUT2D eigenvalue weighted by molar-refractivity contribution is 7.89. The highest BCUT2D eigenvalue weighted by Gasteiger charge is 2.59. The number of anilines is 1. The lowest BCUT2D eigenvalue weighted by atomic mass is 9.68. The van der Waals surface area contributed by atoms with Gasteiger partial charge in [0.2, 0.25) is 10.0 Å². The molecule has 1 aromatic carbocycles. The third kappa shape index (κ3) is 4.97. The molecule has 2 bridgehead atoms. The lowest BCUT2D eigenvalue weighted by Gasteiger charge is -2.43. The van der Waals surface area contributed by atoms with Crippen LogP contribution in [0.4, 0.5) is 5.69 Å². The maximum atomic E-state index is 13.7. The Morgan fingerprint density at radius 1 is 1.26 bits per heavy atom. The number of amides is 1. The molecule has 4 rings (SSSR count). The van der Waals surface area contributed by atoms with E-state index in [0.717, 1.165) is 19.3 Å². The number of methoxy groups -OCH3 is 1. The molecule has 2 aliphatic carbocycles. The van der Waals surface area contributed by atoms with Crippen LogP contribution in [0.2, 0.25) is 0 Å². The number of morpholine rings is 1. The molecule has 3 aliphatic rings. The topological polar surface area (TPSA) is 88.2 Å². The molecular weight excluding hydrogens is 466 g/mol. The Morgan fingerprint density at radius 2 is 1.97 bits per heavy atom. The molecule has 1 heterocycles. The van der Waals surface area contributed by atoms with Crippen molar-refractivity contribution < 1.29 is 22.7 Å². The molecule has 1 saturated heterocycles. The van der Waals surface area contributed by atoms with Gasteiger partial charge in [-0.25, -0.2) is 8.42 Å². The number of hydrogen-bond acceptors (Lipinski definition) is 6. The second-order valence-electron chi connectivity index (χ2n) is 11.3. The summed E-state index contributed by atoms with van der Waals surface area (Å²) in [6, 6.07) is 5.14. The standard InChI is InChI=1S/C26H41N3O5S/c1-25(2)20-9-10-26(3,18-20)24(25)27-23(30)19-7-8-21(28(4)11-6-14-33-5)22(17-19)35(31,32)29-12-15-34-16-13-29/h7-8,17,20,24H,6,9-16,18H2,1-5H3,(H,27,30)/t20-,24?,26-/m1/s1. The molecule has 8 nitrogen and oxygen atoms in total. The first-order valence-electron chi connectivity index (χ1n) is 12.7. The fourth-order valence-electron chi connectivity index (χ4n) is 6.55. The van der Waals surface area contributed by atoms with Gasteiger partial charge in [-0.1, -0.05) is 20.8 Å². The molecule has 196 valence electrons. The van der Waals surface area contributed by atoms with Crippen LogP contribution in [-0.4, -0.2) is 78.3 Å². The van der Waals surface area contributed by atoms with Crippen LogP contribution in [-0.2, 0) is 19.5 Å². The molecule has 0 spiro atoms. The van der Waals surface area contributed by atoms with Gasteiger partial charge in [-0.2, -0.15) is 4.31 Å². The van der Waals surface area contributed by atoms with Gasteiger partial charge >= 0.3 is 0 Å². The molecule has 1 amide bonds. The van der Waals surface area contributed by atoms with Crippen LogP contribution in [0, 0.1) is 16.7 Å². The van der Waals surface area contributed by atoms with E-state index in [1.54, 1.807) is 25.3 Å². The number of sulfonamides is 1. The predicted octanol–water partition coefficient (Wildman–Crippen LogP) is 3.12. The largest absolute Gasteiger partial charge is 0.385 e. The molecule has 35 heavy (non-hydrogen) atoms. The van der Waals surface area contributed by atoms with Crippen molar-refractivity contribution >= 4 is 21.6 Å². The second-order valence-corrected chi connectivity index (χ2v) is 13.2. The molecule has 2 saturated carbocycles.